The first-order chi connectivity index (χ1) is 28.9. The molecule has 1 aromatic heterocycles. The van der Waals surface area contributed by atoms with Gasteiger partial charge in [-0.2, -0.15) is 0 Å². The predicted octanol–water partition coefficient (Wildman–Crippen LogP) is 13.7. The van der Waals surface area contributed by atoms with E-state index in [1.807, 2.05) is 78.9 Å². The maximum atomic E-state index is 9.36. The first-order valence-corrected chi connectivity index (χ1v) is 16.0. The van der Waals surface area contributed by atoms with E-state index in [9.17, 15) is 2.74 Å². The highest BCUT2D eigenvalue weighted by atomic mass is 16.3. The Morgan fingerprint density at radius 2 is 0.939 bits per heavy atom. The van der Waals surface area contributed by atoms with Crippen molar-refractivity contribution >= 4 is 54.3 Å². The summed E-state index contributed by atoms with van der Waals surface area (Å²) in [5.74, 6) is 0. The van der Waals surface area contributed by atoms with Crippen LogP contribution in [-0.2, 0) is 0 Å². The summed E-state index contributed by atoms with van der Waals surface area (Å²) in [4.78, 5) is 0. The molecule has 0 aliphatic rings. The number of hydrogen-bond acceptors (Lipinski definition) is 1. The van der Waals surface area contributed by atoms with Crippen LogP contribution in [0.25, 0.3) is 98.8 Å². The molecule has 0 saturated carbocycles. The smallest absolute Gasteiger partial charge is 0.143 e. The first kappa shape index (κ1) is 18.8. The van der Waals surface area contributed by atoms with Gasteiger partial charge in [0.2, 0.25) is 0 Å². The summed E-state index contributed by atoms with van der Waals surface area (Å²) in [7, 11) is 0. The van der Waals surface area contributed by atoms with Gasteiger partial charge in [-0.1, -0.05) is 170 Å². The van der Waals surface area contributed by atoms with Crippen LogP contribution < -0.4 is 0 Å². The third-order valence-electron chi connectivity index (χ3n) is 9.27. The van der Waals surface area contributed by atoms with Crippen molar-refractivity contribution < 1.29 is 19.5 Å². The van der Waals surface area contributed by atoms with Gasteiger partial charge in [0.15, 0.2) is 0 Å². The molecule has 0 N–H and O–H groups in total. The molecule has 0 aliphatic heterocycles. The molecule has 0 aliphatic carbocycles. The van der Waals surface area contributed by atoms with Gasteiger partial charge in [-0.05, 0) is 83.3 Å². The molecule has 10 aromatic rings. The highest BCUT2D eigenvalue weighted by molar-refractivity contribution is 6.24. The number of furan rings is 1. The van der Waals surface area contributed by atoms with Crippen LogP contribution in [0.2, 0.25) is 0 Å². The van der Waals surface area contributed by atoms with E-state index in [4.69, 9.17) is 16.8 Å². The second kappa shape index (κ2) is 11.1. The van der Waals surface area contributed by atoms with Crippen LogP contribution in [-0.4, -0.2) is 0 Å². The van der Waals surface area contributed by atoms with E-state index in [2.05, 4.69) is 36.4 Å². The largest absolute Gasteiger partial charge is 0.455 e. The fourth-order valence-electron chi connectivity index (χ4n) is 7.18. The Morgan fingerprint density at radius 3 is 1.63 bits per heavy atom. The van der Waals surface area contributed by atoms with E-state index in [0.29, 0.717) is 5.56 Å². The third kappa shape index (κ3) is 4.33. The van der Waals surface area contributed by atoms with Crippen LogP contribution in [0.3, 0.4) is 0 Å². The number of fused-ring (bicyclic) bond motifs is 6. The monoisotopic (exact) mass is 633 g/mol. The summed E-state index contributed by atoms with van der Waals surface area (Å²) >= 11 is 0. The fraction of sp³-hybridized carbons (Fsp3) is 0. The Morgan fingerprint density at radius 1 is 0.347 bits per heavy atom. The zero-order valence-electron chi connectivity index (χ0n) is 36.9. The van der Waals surface area contributed by atoms with E-state index in [0.717, 1.165) is 54.6 Å². The molecule has 0 bridgehead atoms. The maximum Gasteiger partial charge on any atom is 0.143 e. The second-order valence-corrected chi connectivity index (χ2v) is 11.9. The highest BCUT2D eigenvalue weighted by Gasteiger charge is 2.20. The van der Waals surface area contributed by atoms with Crippen molar-refractivity contribution in [1.82, 2.24) is 0 Å². The summed E-state index contributed by atoms with van der Waals surface area (Å²) in [6, 6.07) is 32.5. The molecule has 9 aromatic carbocycles. The lowest BCUT2D eigenvalue weighted by Crippen LogP contribution is -1.92. The molecule has 0 saturated heterocycles. The van der Waals surface area contributed by atoms with Crippen LogP contribution in [0.1, 0.15) is 15.1 Å². The lowest BCUT2D eigenvalue weighted by atomic mass is 9.84. The van der Waals surface area contributed by atoms with E-state index in [-0.39, 0.29) is 39.1 Å². The molecule has 49 heavy (non-hydrogen) atoms. The van der Waals surface area contributed by atoms with Crippen molar-refractivity contribution in [3.63, 3.8) is 0 Å². The Kier molecular flexibility index (Phi) is 4.25. The molecule has 0 atom stereocenters. The molecule has 228 valence electrons. The van der Waals surface area contributed by atoms with Crippen LogP contribution in [0.4, 0.5) is 0 Å². The number of para-hydroxylation sites is 1. The standard InChI is InChI=1S/C48H30O/c1-3-14-31(15-4-1)33-26-29-45-44(30-33)43-25-13-24-42(48(43)49-45)36-27-28-41(35-19-8-7-18-34(35)36)47-39-22-11-9-20-37(39)46(32-16-5-2-6-17-32)38-21-10-12-23-40(38)47/h1-30H/i1D,3D,4D,13D,14D,15D,24D,25D,26D,29D,30D. The predicted molar refractivity (Wildman–Crippen MR) is 208 cm³/mol. The van der Waals surface area contributed by atoms with Gasteiger partial charge in [-0.3, -0.25) is 0 Å². The van der Waals surface area contributed by atoms with Gasteiger partial charge in [0.25, 0.3) is 0 Å². The van der Waals surface area contributed by atoms with Crippen molar-refractivity contribution in [2.24, 2.45) is 0 Å². The van der Waals surface area contributed by atoms with E-state index in [1.54, 1.807) is 0 Å². The van der Waals surface area contributed by atoms with Crippen molar-refractivity contribution in [1.29, 1.82) is 0 Å². The van der Waals surface area contributed by atoms with Gasteiger partial charge >= 0.3 is 0 Å². The number of hydrogen-bond donors (Lipinski definition) is 0. The first-order valence-electron chi connectivity index (χ1n) is 21.5. The van der Waals surface area contributed by atoms with Gasteiger partial charge in [0, 0.05) is 16.3 Å². The molecule has 1 nitrogen and oxygen atoms in total. The number of benzene rings is 9. The quantitative estimate of drug-likeness (QED) is 0.176. The van der Waals surface area contributed by atoms with Crippen LogP contribution in [0, 0.1) is 0 Å². The molecule has 0 unspecified atom stereocenters. The Labute approximate surface area is 299 Å². The normalized spacial score (nSPS) is 14.8. The molecule has 0 spiro atoms. The second-order valence-electron chi connectivity index (χ2n) is 11.9. The molecule has 0 radical (unpaired) electrons. The van der Waals surface area contributed by atoms with Crippen molar-refractivity contribution in [2.45, 2.75) is 0 Å². The number of rotatable bonds is 4. The minimum absolute atomic E-state index is 0.0309. The molecular weight excluding hydrogens is 593 g/mol. The zero-order chi connectivity index (χ0) is 41.9. The summed E-state index contributed by atoms with van der Waals surface area (Å²) < 4.78 is 103. The van der Waals surface area contributed by atoms with Crippen molar-refractivity contribution in [2.75, 3.05) is 0 Å². The maximum absolute atomic E-state index is 9.36. The van der Waals surface area contributed by atoms with Gasteiger partial charge < -0.3 is 4.42 Å². The van der Waals surface area contributed by atoms with E-state index >= 15 is 0 Å². The van der Waals surface area contributed by atoms with E-state index in [1.165, 1.54) is 0 Å². The summed E-state index contributed by atoms with van der Waals surface area (Å²) in [5.41, 5.74) is 3.77. The Balaban J connectivity index is 1.29. The van der Waals surface area contributed by atoms with Crippen LogP contribution in [0.5, 0.6) is 0 Å². The van der Waals surface area contributed by atoms with Crippen molar-refractivity contribution in [3.05, 3.63) is 182 Å². The third-order valence-corrected chi connectivity index (χ3v) is 9.27. The summed E-state index contributed by atoms with van der Waals surface area (Å²) in [6.07, 6.45) is 0. The fourth-order valence-corrected chi connectivity index (χ4v) is 7.18. The topological polar surface area (TPSA) is 13.1 Å². The lowest BCUT2D eigenvalue weighted by Gasteiger charge is -2.19. The molecule has 1 heteroatoms. The van der Waals surface area contributed by atoms with Crippen LogP contribution in [0.15, 0.2) is 186 Å². The molecular formula is C48H30O. The summed E-state index contributed by atoms with van der Waals surface area (Å²) in [6.45, 7) is 0. The van der Waals surface area contributed by atoms with Gasteiger partial charge in [0.1, 0.15) is 11.2 Å². The van der Waals surface area contributed by atoms with Crippen LogP contribution >= 0.6 is 0 Å². The van der Waals surface area contributed by atoms with Gasteiger partial charge in [-0.15, -0.1) is 0 Å². The van der Waals surface area contributed by atoms with E-state index < -0.39 is 66.0 Å². The van der Waals surface area contributed by atoms with Gasteiger partial charge in [-0.25, -0.2) is 0 Å². The average Bonchev–Trinajstić information content (AvgIpc) is 3.68. The molecule has 0 amide bonds. The Hall–Kier alpha value is -6.44. The summed E-state index contributed by atoms with van der Waals surface area (Å²) in [5, 5.41) is 5.67. The lowest BCUT2D eigenvalue weighted by molar-refractivity contribution is 0.670. The SMILES string of the molecule is [2H]c1c([2H])c([2H])c(-c2c([2H])c([2H])c3oc4c(-c5ccc(-c6c7ccccc7c(-c7ccccc7)c7ccccc67)c6ccccc56)c([2H])c([2H])c([2H])c4c3c2[2H])c([2H])c1[2H]. The Bertz CT molecular complexity index is 3420. The minimum atomic E-state index is -0.660. The average molecular weight is 634 g/mol. The molecule has 1 heterocycles. The van der Waals surface area contributed by atoms with Gasteiger partial charge in [0.05, 0.1) is 15.1 Å². The molecule has 10 rings (SSSR count). The highest BCUT2D eigenvalue weighted by Crippen LogP contribution is 2.47. The van der Waals surface area contributed by atoms with Crippen molar-refractivity contribution in [3.8, 4) is 44.5 Å². The zero-order valence-corrected chi connectivity index (χ0v) is 25.9. The molecule has 0 fully saturated rings. The minimum Gasteiger partial charge on any atom is -0.455 e.